The Balaban J connectivity index is 2.20. The second kappa shape index (κ2) is 7.84. The average Bonchev–Trinajstić information content (AvgIpc) is 2.48. The van der Waals surface area contributed by atoms with Gasteiger partial charge in [0.15, 0.2) is 0 Å². The maximum absolute atomic E-state index is 6.27. The van der Waals surface area contributed by atoms with E-state index in [0.29, 0.717) is 0 Å². The van der Waals surface area contributed by atoms with E-state index in [1.807, 2.05) is 19.1 Å². The number of rotatable bonds is 6. The molecule has 3 heteroatoms. The van der Waals surface area contributed by atoms with Crippen LogP contribution in [0.25, 0.3) is 0 Å². The summed E-state index contributed by atoms with van der Waals surface area (Å²) in [6.45, 7) is 5.19. The molecule has 0 aromatic heterocycles. The minimum absolute atomic E-state index is 0.268. The molecule has 0 heterocycles. The highest BCUT2D eigenvalue weighted by Gasteiger charge is 2.12. The number of hydrogen-bond acceptors (Lipinski definition) is 1. The molecule has 0 aliphatic rings. The van der Waals surface area contributed by atoms with Crippen molar-refractivity contribution in [2.75, 3.05) is 6.54 Å². The summed E-state index contributed by atoms with van der Waals surface area (Å²) in [5.74, 6) is 0. The Hall–Kier alpha value is -1.02. The first-order chi connectivity index (χ1) is 10.1. The highest BCUT2D eigenvalue weighted by atomic mass is 35.5. The number of benzene rings is 2. The zero-order chi connectivity index (χ0) is 15.2. The molecule has 0 aliphatic carbocycles. The lowest BCUT2D eigenvalue weighted by molar-refractivity contribution is 0.529. The summed E-state index contributed by atoms with van der Waals surface area (Å²) in [5, 5.41) is 5.20. The second-order valence-electron chi connectivity index (χ2n) is 5.35. The average molecular weight is 322 g/mol. The van der Waals surface area contributed by atoms with Gasteiger partial charge >= 0.3 is 0 Å². The lowest BCUT2D eigenvalue weighted by Crippen LogP contribution is -2.24. The van der Waals surface area contributed by atoms with Crippen LogP contribution < -0.4 is 5.32 Å². The van der Waals surface area contributed by atoms with Gasteiger partial charge in [0.1, 0.15) is 0 Å². The van der Waals surface area contributed by atoms with Crippen LogP contribution in [0, 0.1) is 6.92 Å². The van der Waals surface area contributed by atoms with Crippen molar-refractivity contribution < 1.29 is 0 Å². The monoisotopic (exact) mass is 321 g/mol. The fourth-order valence-corrected chi connectivity index (χ4v) is 2.62. The van der Waals surface area contributed by atoms with E-state index in [9.17, 15) is 0 Å². The molecule has 0 bridgehead atoms. The van der Waals surface area contributed by atoms with Crippen LogP contribution in [0.1, 0.15) is 36.1 Å². The molecule has 0 radical (unpaired) electrons. The summed E-state index contributed by atoms with van der Waals surface area (Å²) in [5.41, 5.74) is 3.61. The fraction of sp³-hybridized carbons (Fsp3) is 0.333. The number of aryl methyl sites for hydroxylation is 1. The Kier molecular flexibility index (Phi) is 6.10. The Morgan fingerprint density at radius 3 is 2.38 bits per heavy atom. The largest absolute Gasteiger partial charge is 0.310 e. The third kappa shape index (κ3) is 4.74. The van der Waals surface area contributed by atoms with Crippen LogP contribution in [-0.4, -0.2) is 6.54 Å². The zero-order valence-corrected chi connectivity index (χ0v) is 14.0. The summed E-state index contributed by atoms with van der Waals surface area (Å²) in [6.07, 6.45) is 2.03. The molecule has 2 rings (SSSR count). The summed E-state index contributed by atoms with van der Waals surface area (Å²) in [7, 11) is 0. The molecular weight excluding hydrogens is 301 g/mol. The van der Waals surface area contributed by atoms with Crippen molar-refractivity contribution in [1.29, 1.82) is 0 Å². The molecule has 1 nitrogen and oxygen atoms in total. The molecule has 2 aromatic carbocycles. The molecule has 0 spiro atoms. The van der Waals surface area contributed by atoms with E-state index in [1.165, 1.54) is 11.1 Å². The molecule has 1 N–H and O–H groups in total. The van der Waals surface area contributed by atoms with Crippen LogP contribution in [0.2, 0.25) is 10.0 Å². The van der Waals surface area contributed by atoms with Gasteiger partial charge in [-0.25, -0.2) is 0 Å². The molecule has 0 saturated heterocycles. The van der Waals surface area contributed by atoms with E-state index in [0.717, 1.165) is 35.0 Å². The van der Waals surface area contributed by atoms with Crippen LogP contribution >= 0.6 is 23.2 Å². The fourth-order valence-electron chi connectivity index (χ4n) is 2.31. The van der Waals surface area contributed by atoms with Gasteiger partial charge < -0.3 is 5.32 Å². The Morgan fingerprint density at radius 1 is 1.05 bits per heavy atom. The summed E-state index contributed by atoms with van der Waals surface area (Å²) in [6, 6.07) is 14.6. The van der Waals surface area contributed by atoms with Crippen molar-refractivity contribution in [3.8, 4) is 0 Å². The minimum atomic E-state index is 0.268. The predicted molar refractivity (Wildman–Crippen MR) is 92.4 cm³/mol. The highest BCUT2D eigenvalue weighted by molar-refractivity contribution is 6.31. The molecule has 1 unspecified atom stereocenters. The van der Waals surface area contributed by atoms with Gasteiger partial charge in [-0.05, 0) is 61.2 Å². The van der Waals surface area contributed by atoms with E-state index in [4.69, 9.17) is 23.2 Å². The molecule has 0 amide bonds. The van der Waals surface area contributed by atoms with Gasteiger partial charge in [-0.3, -0.25) is 0 Å². The zero-order valence-electron chi connectivity index (χ0n) is 12.5. The van der Waals surface area contributed by atoms with Crippen molar-refractivity contribution in [3.05, 3.63) is 69.2 Å². The van der Waals surface area contributed by atoms with Crippen molar-refractivity contribution >= 4 is 23.2 Å². The molecule has 0 fully saturated rings. The molecular formula is C18H21Cl2N. The van der Waals surface area contributed by atoms with Gasteiger partial charge in [0.05, 0.1) is 0 Å². The molecule has 0 saturated carbocycles. The van der Waals surface area contributed by atoms with Crippen LogP contribution in [-0.2, 0) is 6.42 Å². The normalized spacial score (nSPS) is 12.4. The topological polar surface area (TPSA) is 12.0 Å². The third-order valence-corrected chi connectivity index (χ3v) is 4.25. The first kappa shape index (κ1) is 16.4. The SMILES string of the molecule is CCCNC(Cc1ccc(Cl)cc1)c1ccc(C)c(Cl)c1. The van der Waals surface area contributed by atoms with Gasteiger partial charge in [0.25, 0.3) is 0 Å². The maximum atomic E-state index is 6.27. The smallest absolute Gasteiger partial charge is 0.0438 e. The lowest BCUT2D eigenvalue weighted by atomic mass is 9.98. The van der Waals surface area contributed by atoms with E-state index in [1.54, 1.807) is 0 Å². The quantitative estimate of drug-likeness (QED) is 0.731. The lowest BCUT2D eigenvalue weighted by Gasteiger charge is -2.20. The van der Waals surface area contributed by atoms with E-state index in [-0.39, 0.29) is 6.04 Å². The Bertz CT molecular complexity index is 578. The van der Waals surface area contributed by atoms with Gasteiger partial charge in [0, 0.05) is 16.1 Å². The second-order valence-corrected chi connectivity index (χ2v) is 6.19. The van der Waals surface area contributed by atoms with E-state index >= 15 is 0 Å². The molecule has 2 aromatic rings. The van der Waals surface area contributed by atoms with Crippen LogP contribution in [0.4, 0.5) is 0 Å². The summed E-state index contributed by atoms with van der Waals surface area (Å²) in [4.78, 5) is 0. The summed E-state index contributed by atoms with van der Waals surface area (Å²) < 4.78 is 0. The predicted octanol–water partition coefficient (Wildman–Crippen LogP) is 5.59. The van der Waals surface area contributed by atoms with Crippen LogP contribution in [0.15, 0.2) is 42.5 Å². The number of nitrogens with one attached hydrogen (secondary N) is 1. The molecule has 21 heavy (non-hydrogen) atoms. The van der Waals surface area contributed by atoms with Gasteiger partial charge in [-0.2, -0.15) is 0 Å². The summed E-state index contributed by atoms with van der Waals surface area (Å²) >= 11 is 12.2. The van der Waals surface area contributed by atoms with Crippen molar-refractivity contribution in [3.63, 3.8) is 0 Å². The van der Waals surface area contributed by atoms with Crippen molar-refractivity contribution in [1.82, 2.24) is 5.32 Å². The minimum Gasteiger partial charge on any atom is -0.310 e. The number of hydrogen-bond donors (Lipinski definition) is 1. The maximum Gasteiger partial charge on any atom is 0.0438 e. The Morgan fingerprint density at radius 2 is 1.76 bits per heavy atom. The van der Waals surface area contributed by atoms with Crippen LogP contribution in [0.3, 0.4) is 0 Å². The molecule has 0 aliphatic heterocycles. The van der Waals surface area contributed by atoms with E-state index < -0.39 is 0 Å². The first-order valence-corrected chi connectivity index (χ1v) is 8.09. The highest BCUT2D eigenvalue weighted by Crippen LogP contribution is 2.24. The van der Waals surface area contributed by atoms with Crippen LogP contribution in [0.5, 0.6) is 0 Å². The van der Waals surface area contributed by atoms with Crippen molar-refractivity contribution in [2.45, 2.75) is 32.7 Å². The molecule has 112 valence electrons. The molecule has 1 atom stereocenters. The Labute approximate surface area is 137 Å². The van der Waals surface area contributed by atoms with Gasteiger partial charge in [-0.1, -0.05) is 54.4 Å². The third-order valence-electron chi connectivity index (χ3n) is 3.59. The van der Waals surface area contributed by atoms with Crippen molar-refractivity contribution in [2.24, 2.45) is 0 Å². The number of halogens is 2. The van der Waals surface area contributed by atoms with Gasteiger partial charge in [0.2, 0.25) is 0 Å². The standard InChI is InChI=1S/C18H21Cl2N/c1-3-10-21-18(11-14-5-8-16(19)9-6-14)15-7-4-13(2)17(20)12-15/h4-9,12,18,21H,3,10-11H2,1-2H3. The van der Waals surface area contributed by atoms with Gasteiger partial charge in [-0.15, -0.1) is 0 Å². The first-order valence-electron chi connectivity index (χ1n) is 7.34. The van der Waals surface area contributed by atoms with E-state index in [2.05, 4.69) is 42.6 Å².